The molecule has 2 aromatic heterocycles. The Morgan fingerprint density at radius 1 is 1.21 bits per heavy atom. The maximum absolute atomic E-state index is 12.6. The fourth-order valence-corrected chi connectivity index (χ4v) is 3.58. The molecule has 4 rings (SSSR count). The van der Waals surface area contributed by atoms with Crippen LogP contribution in [-0.2, 0) is 11.3 Å². The summed E-state index contributed by atoms with van der Waals surface area (Å²) >= 11 is 3.28. The first-order valence-corrected chi connectivity index (χ1v) is 9.79. The van der Waals surface area contributed by atoms with E-state index < -0.39 is 0 Å². The maximum Gasteiger partial charge on any atom is 0.237 e. The molecule has 0 atom stereocenters. The van der Waals surface area contributed by atoms with Crippen LogP contribution in [0.2, 0.25) is 0 Å². The average Bonchev–Trinajstić information content (AvgIpc) is 3.09. The van der Waals surface area contributed by atoms with Crippen molar-refractivity contribution in [1.29, 1.82) is 0 Å². The summed E-state index contributed by atoms with van der Waals surface area (Å²) in [5, 5.41) is 0.831. The quantitative estimate of drug-likeness (QED) is 0.654. The summed E-state index contributed by atoms with van der Waals surface area (Å²) in [5.41, 5.74) is 7.71. The number of nitrogens with two attached hydrogens (primary N) is 1. The fourth-order valence-electron chi connectivity index (χ4n) is 3.26. The summed E-state index contributed by atoms with van der Waals surface area (Å²) in [6, 6.07) is 9.61. The first-order valence-electron chi connectivity index (χ1n) is 8.99. The smallest absolute Gasteiger partial charge is 0.237 e. The van der Waals surface area contributed by atoms with E-state index in [1.165, 1.54) is 6.33 Å². The molecule has 0 spiro atoms. The highest BCUT2D eigenvalue weighted by atomic mass is 79.9. The first kappa shape index (κ1) is 18.6. The standard InChI is InChI=1S/C20H20BrN5O2/c21-18-6-4-15(28-18)2-1-7-25-8-9-26(19(27)12-25)11-14-3-5-16-17(10-14)23-13-24-20(16)22/h1-6,10,13H,7-9,11-12H2,(H2,22,23,24)/b2-1+. The Hall–Kier alpha value is -2.71. The molecule has 1 saturated heterocycles. The zero-order valence-electron chi connectivity index (χ0n) is 15.2. The summed E-state index contributed by atoms with van der Waals surface area (Å²) in [6.07, 6.45) is 5.40. The van der Waals surface area contributed by atoms with Gasteiger partial charge in [-0.1, -0.05) is 12.1 Å². The van der Waals surface area contributed by atoms with E-state index >= 15 is 0 Å². The molecule has 0 radical (unpaired) electrons. The minimum Gasteiger partial charge on any atom is -0.450 e. The molecule has 1 amide bonds. The van der Waals surface area contributed by atoms with Gasteiger partial charge in [0, 0.05) is 31.6 Å². The van der Waals surface area contributed by atoms with Crippen molar-refractivity contribution in [2.75, 3.05) is 31.9 Å². The van der Waals surface area contributed by atoms with Crippen LogP contribution < -0.4 is 5.73 Å². The molecule has 1 aliphatic rings. The highest BCUT2D eigenvalue weighted by Crippen LogP contribution is 2.19. The van der Waals surface area contributed by atoms with Crippen LogP contribution in [0.1, 0.15) is 11.3 Å². The third kappa shape index (κ3) is 4.23. The number of rotatable bonds is 5. The highest BCUT2D eigenvalue weighted by Gasteiger charge is 2.23. The van der Waals surface area contributed by atoms with Gasteiger partial charge in [-0.3, -0.25) is 9.69 Å². The maximum atomic E-state index is 12.6. The van der Waals surface area contributed by atoms with E-state index in [4.69, 9.17) is 10.2 Å². The van der Waals surface area contributed by atoms with E-state index in [-0.39, 0.29) is 5.91 Å². The van der Waals surface area contributed by atoms with Crippen molar-refractivity contribution >= 4 is 44.6 Å². The van der Waals surface area contributed by atoms with Crippen molar-refractivity contribution in [3.05, 3.63) is 58.7 Å². The lowest BCUT2D eigenvalue weighted by atomic mass is 10.1. The third-order valence-corrected chi connectivity index (χ3v) is 5.17. The van der Waals surface area contributed by atoms with Crippen LogP contribution in [0.3, 0.4) is 0 Å². The Labute approximate surface area is 171 Å². The van der Waals surface area contributed by atoms with Crippen LogP contribution in [0.5, 0.6) is 0 Å². The van der Waals surface area contributed by atoms with Gasteiger partial charge in [0.05, 0.1) is 12.1 Å². The number of hydrogen-bond donors (Lipinski definition) is 1. The Kier molecular flexibility index (Phi) is 5.40. The number of carbonyl (C=O) groups excluding carboxylic acids is 1. The lowest BCUT2D eigenvalue weighted by Crippen LogP contribution is -2.49. The summed E-state index contributed by atoms with van der Waals surface area (Å²) in [5.74, 6) is 1.39. The number of benzene rings is 1. The molecule has 0 saturated carbocycles. The number of carbonyl (C=O) groups is 1. The molecular formula is C20H20BrN5O2. The molecule has 1 fully saturated rings. The van der Waals surface area contributed by atoms with E-state index in [2.05, 4.69) is 30.8 Å². The Morgan fingerprint density at radius 2 is 2.11 bits per heavy atom. The molecule has 1 aromatic carbocycles. The van der Waals surface area contributed by atoms with Gasteiger partial charge < -0.3 is 15.1 Å². The number of piperazine rings is 1. The third-order valence-electron chi connectivity index (χ3n) is 4.74. The number of halogens is 1. The lowest BCUT2D eigenvalue weighted by molar-refractivity contribution is -0.136. The largest absolute Gasteiger partial charge is 0.450 e. The van der Waals surface area contributed by atoms with E-state index in [1.807, 2.05) is 47.4 Å². The van der Waals surface area contributed by atoms with Crippen LogP contribution >= 0.6 is 15.9 Å². The minimum atomic E-state index is 0.127. The van der Waals surface area contributed by atoms with Gasteiger partial charge in [-0.25, -0.2) is 9.97 Å². The summed E-state index contributed by atoms with van der Waals surface area (Å²) < 4.78 is 6.14. The van der Waals surface area contributed by atoms with E-state index in [9.17, 15) is 4.79 Å². The molecular weight excluding hydrogens is 422 g/mol. The molecule has 7 nitrogen and oxygen atoms in total. The summed E-state index contributed by atoms with van der Waals surface area (Å²) in [7, 11) is 0. The first-order chi connectivity index (χ1) is 13.6. The Morgan fingerprint density at radius 3 is 2.89 bits per heavy atom. The predicted molar refractivity (Wildman–Crippen MR) is 111 cm³/mol. The molecule has 144 valence electrons. The normalized spacial score (nSPS) is 15.8. The van der Waals surface area contributed by atoms with Crippen LogP contribution in [0.4, 0.5) is 5.82 Å². The molecule has 0 unspecified atom stereocenters. The second kappa shape index (κ2) is 8.12. The Balaban J connectivity index is 1.34. The molecule has 1 aliphatic heterocycles. The monoisotopic (exact) mass is 441 g/mol. The molecule has 0 bridgehead atoms. The fraction of sp³-hybridized carbons (Fsp3) is 0.250. The van der Waals surface area contributed by atoms with E-state index in [0.717, 1.165) is 28.8 Å². The number of nitrogens with zero attached hydrogens (tertiary/aromatic N) is 4. The number of hydrogen-bond acceptors (Lipinski definition) is 6. The predicted octanol–water partition coefficient (Wildman–Crippen LogP) is 2.93. The van der Waals surface area contributed by atoms with Gasteiger partial charge in [-0.15, -0.1) is 0 Å². The van der Waals surface area contributed by atoms with Gasteiger partial charge in [0.1, 0.15) is 17.9 Å². The van der Waals surface area contributed by atoms with Gasteiger partial charge in [-0.2, -0.15) is 0 Å². The number of aromatic nitrogens is 2. The van der Waals surface area contributed by atoms with Gasteiger partial charge in [0.2, 0.25) is 5.91 Å². The minimum absolute atomic E-state index is 0.127. The SMILES string of the molecule is Nc1ncnc2cc(CN3CCN(C/C=C/c4ccc(Br)o4)CC3=O)ccc12. The van der Waals surface area contributed by atoms with Crippen molar-refractivity contribution in [3.63, 3.8) is 0 Å². The van der Waals surface area contributed by atoms with Crippen molar-refractivity contribution in [3.8, 4) is 0 Å². The van der Waals surface area contributed by atoms with Crippen LogP contribution in [-0.4, -0.2) is 51.9 Å². The lowest BCUT2D eigenvalue weighted by Gasteiger charge is -2.33. The molecule has 3 aromatic rings. The van der Waals surface area contributed by atoms with Gasteiger partial charge in [0.25, 0.3) is 0 Å². The number of nitrogen functional groups attached to an aromatic ring is 1. The second-order valence-electron chi connectivity index (χ2n) is 6.71. The van der Waals surface area contributed by atoms with Gasteiger partial charge in [-0.05, 0) is 51.8 Å². The van der Waals surface area contributed by atoms with Crippen molar-refractivity contribution in [2.45, 2.75) is 6.54 Å². The summed E-state index contributed by atoms with van der Waals surface area (Å²) in [6.45, 7) is 3.23. The van der Waals surface area contributed by atoms with Crippen LogP contribution in [0.15, 0.2) is 51.8 Å². The average molecular weight is 442 g/mol. The molecule has 28 heavy (non-hydrogen) atoms. The zero-order chi connectivity index (χ0) is 19.5. The number of amides is 1. The van der Waals surface area contributed by atoms with Crippen LogP contribution in [0, 0.1) is 0 Å². The number of anilines is 1. The van der Waals surface area contributed by atoms with Crippen LogP contribution in [0.25, 0.3) is 17.0 Å². The number of fused-ring (bicyclic) bond motifs is 1. The topological polar surface area (TPSA) is 88.5 Å². The van der Waals surface area contributed by atoms with Gasteiger partial charge >= 0.3 is 0 Å². The summed E-state index contributed by atoms with van der Waals surface area (Å²) in [4.78, 5) is 24.8. The second-order valence-corrected chi connectivity index (χ2v) is 7.49. The van der Waals surface area contributed by atoms with E-state index in [0.29, 0.717) is 36.7 Å². The van der Waals surface area contributed by atoms with Crippen molar-refractivity contribution in [1.82, 2.24) is 19.8 Å². The molecule has 2 N–H and O–H groups in total. The molecule has 8 heteroatoms. The molecule has 0 aliphatic carbocycles. The van der Waals surface area contributed by atoms with Crippen molar-refractivity contribution < 1.29 is 9.21 Å². The Bertz CT molecular complexity index is 1030. The zero-order valence-corrected chi connectivity index (χ0v) is 16.8. The van der Waals surface area contributed by atoms with Crippen molar-refractivity contribution in [2.24, 2.45) is 0 Å². The van der Waals surface area contributed by atoms with Gasteiger partial charge in [0.15, 0.2) is 4.67 Å². The highest BCUT2D eigenvalue weighted by molar-refractivity contribution is 9.10. The number of furan rings is 1. The molecule has 3 heterocycles. The van der Waals surface area contributed by atoms with E-state index in [1.54, 1.807) is 0 Å².